The molecule has 1 amide bonds. The highest BCUT2D eigenvalue weighted by molar-refractivity contribution is 9.11. The minimum absolute atomic E-state index is 0.203. The van der Waals surface area contributed by atoms with Crippen LogP contribution >= 0.6 is 43.5 Å². The Balaban J connectivity index is 2.18. The lowest BCUT2D eigenvalue weighted by molar-refractivity contribution is 0.102. The Labute approximate surface area is 125 Å². The van der Waals surface area contributed by atoms with Crippen LogP contribution in [0.2, 0.25) is 5.15 Å². The molecule has 0 atom stereocenters. The smallest absolute Gasteiger partial charge is 0.276 e. The van der Waals surface area contributed by atoms with Crippen LogP contribution in [0.4, 0.5) is 5.69 Å². The van der Waals surface area contributed by atoms with Crippen molar-refractivity contribution in [3.8, 4) is 0 Å². The molecule has 0 saturated carbocycles. The van der Waals surface area contributed by atoms with Crippen molar-refractivity contribution in [1.29, 1.82) is 0 Å². The summed E-state index contributed by atoms with van der Waals surface area (Å²) < 4.78 is 1.69. The first-order chi connectivity index (χ1) is 8.56. The Morgan fingerprint density at radius 3 is 2.56 bits per heavy atom. The zero-order valence-corrected chi connectivity index (χ0v) is 12.8. The van der Waals surface area contributed by atoms with Gasteiger partial charge in [0, 0.05) is 8.95 Å². The number of carbonyl (C=O) groups excluding carboxylic acids is 1. The molecule has 0 spiro atoms. The van der Waals surface area contributed by atoms with Gasteiger partial charge in [-0.25, -0.2) is 0 Å². The number of hydrogen-bond donors (Lipinski definition) is 1. The molecule has 0 aliphatic heterocycles. The Bertz CT molecular complexity index is 589. The molecule has 0 radical (unpaired) electrons. The van der Waals surface area contributed by atoms with Gasteiger partial charge in [-0.15, -0.1) is 10.2 Å². The van der Waals surface area contributed by atoms with E-state index in [0.717, 1.165) is 8.95 Å². The lowest BCUT2D eigenvalue weighted by atomic mass is 10.3. The third-order valence-corrected chi connectivity index (χ3v) is 3.39. The molecule has 1 N–H and O–H groups in total. The SMILES string of the molecule is O=C(Nc1ccc(Br)cc1Br)c1ccc(Cl)nn1. The molecule has 7 heteroatoms. The zero-order valence-electron chi connectivity index (χ0n) is 8.82. The molecule has 0 bridgehead atoms. The molecule has 0 aliphatic rings. The Morgan fingerprint density at radius 1 is 1.17 bits per heavy atom. The summed E-state index contributed by atoms with van der Waals surface area (Å²) >= 11 is 12.3. The molecule has 1 aromatic carbocycles. The standard InChI is InChI=1S/C11H6Br2ClN3O/c12-6-1-2-8(7(13)5-6)15-11(18)9-3-4-10(14)17-16-9/h1-5H,(H,15,18). The fourth-order valence-corrected chi connectivity index (χ4v) is 2.46. The average Bonchev–Trinajstić information content (AvgIpc) is 2.33. The van der Waals surface area contributed by atoms with Crippen molar-refractivity contribution in [2.45, 2.75) is 0 Å². The molecular formula is C11H6Br2ClN3O. The van der Waals surface area contributed by atoms with E-state index in [4.69, 9.17) is 11.6 Å². The summed E-state index contributed by atoms with van der Waals surface area (Å²) in [5.41, 5.74) is 0.856. The van der Waals surface area contributed by atoms with E-state index in [0.29, 0.717) is 5.69 Å². The third-order valence-electron chi connectivity index (χ3n) is 2.04. The van der Waals surface area contributed by atoms with E-state index in [9.17, 15) is 4.79 Å². The van der Waals surface area contributed by atoms with E-state index in [1.165, 1.54) is 12.1 Å². The summed E-state index contributed by atoms with van der Waals surface area (Å²) in [6.45, 7) is 0. The second-order valence-corrected chi connectivity index (χ2v) is 5.48. The van der Waals surface area contributed by atoms with Crippen LogP contribution in [0.25, 0.3) is 0 Å². The van der Waals surface area contributed by atoms with Gasteiger partial charge in [0.1, 0.15) is 0 Å². The molecule has 0 unspecified atom stereocenters. The maximum absolute atomic E-state index is 11.9. The van der Waals surface area contributed by atoms with Gasteiger partial charge in [0.25, 0.3) is 5.91 Å². The van der Waals surface area contributed by atoms with Crippen molar-refractivity contribution in [1.82, 2.24) is 10.2 Å². The zero-order chi connectivity index (χ0) is 13.1. The monoisotopic (exact) mass is 389 g/mol. The first-order valence-electron chi connectivity index (χ1n) is 4.82. The van der Waals surface area contributed by atoms with Gasteiger partial charge in [0.2, 0.25) is 0 Å². The number of amides is 1. The quantitative estimate of drug-likeness (QED) is 0.845. The molecule has 4 nitrogen and oxygen atoms in total. The predicted octanol–water partition coefficient (Wildman–Crippen LogP) is 3.91. The number of carbonyl (C=O) groups is 1. The summed E-state index contributed by atoms with van der Waals surface area (Å²) in [4.78, 5) is 11.9. The molecule has 1 heterocycles. The Hall–Kier alpha value is -0.980. The Kier molecular flexibility index (Phi) is 4.31. The number of halogens is 3. The van der Waals surface area contributed by atoms with Crippen molar-refractivity contribution >= 4 is 55.1 Å². The van der Waals surface area contributed by atoms with Gasteiger partial charge in [-0.05, 0) is 46.3 Å². The van der Waals surface area contributed by atoms with E-state index in [-0.39, 0.29) is 16.8 Å². The highest BCUT2D eigenvalue weighted by Crippen LogP contribution is 2.26. The van der Waals surface area contributed by atoms with Crippen molar-refractivity contribution in [3.05, 3.63) is 50.1 Å². The lowest BCUT2D eigenvalue weighted by Gasteiger charge is -2.06. The van der Waals surface area contributed by atoms with E-state index in [1.807, 2.05) is 12.1 Å². The Morgan fingerprint density at radius 2 is 1.94 bits per heavy atom. The maximum atomic E-state index is 11.9. The van der Waals surface area contributed by atoms with Crippen molar-refractivity contribution in [3.63, 3.8) is 0 Å². The van der Waals surface area contributed by atoms with Crippen LogP contribution in [-0.2, 0) is 0 Å². The number of aromatic nitrogens is 2. The average molecular weight is 391 g/mol. The summed E-state index contributed by atoms with van der Waals surface area (Å²) in [6.07, 6.45) is 0. The van der Waals surface area contributed by atoms with Gasteiger partial charge in [-0.1, -0.05) is 27.5 Å². The van der Waals surface area contributed by atoms with Gasteiger partial charge < -0.3 is 5.32 Å². The predicted molar refractivity (Wildman–Crippen MR) is 76.8 cm³/mol. The first-order valence-corrected chi connectivity index (χ1v) is 6.78. The number of anilines is 1. The van der Waals surface area contributed by atoms with Crippen LogP contribution < -0.4 is 5.32 Å². The van der Waals surface area contributed by atoms with Crippen LogP contribution in [0.1, 0.15) is 10.5 Å². The normalized spacial score (nSPS) is 10.2. The summed E-state index contributed by atoms with van der Waals surface area (Å²) in [7, 11) is 0. The van der Waals surface area contributed by atoms with Gasteiger partial charge in [-0.2, -0.15) is 0 Å². The molecule has 1 aromatic heterocycles. The van der Waals surface area contributed by atoms with Gasteiger partial charge in [-0.3, -0.25) is 4.79 Å². The summed E-state index contributed by atoms with van der Waals surface area (Å²) in [5, 5.41) is 10.3. The largest absolute Gasteiger partial charge is 0.320 e. The highest BCUT2D eigenvalue weighted by atomic mass is 79.9. The van der Waals surface area contributed by atoms with E-state index >= 15 is 0 Å². The molecule has 0 fully saturated rings. The summed E-state index contributed by atoms with van der Waals surface area (Å²) in [6, 6.07) is 8.46. The molecule has 2 rings (SSSR count). The molecular weight excluding hydrogens is 385 g/mol. The minimum Gasteiger partial charge on any atom is -0.320 e. The van der Waals surface area contributed by atoms with E-state index in [1.54, 1.807) is 6.07 Å². The first kappa shape index (κ1) is 13.5. The van der Waals surface area contributed by atoms with Crippen molar-refractivity contribution < 1.29 is 4.79 Å². The number of nitrogens with one attached hydrogen (secondary N) is 1. The topological polar surface area (TPSA) is 54.9 Å². The number of rotatable bonds is 2. The van der Waals surface area contributed by atoms with Crippen LogP contribution in [0.5, 0.6) is 0 Å². The number of benzene rings is 1. The van der Waals surface area contributed by atoms with Crippen LogP contribution in [0.3, 0.4) is 0 Å². The minimum atomic E-state index is -0.345. The van der Waals surface area contributed by atoms with Crippen LogP contribution in [-0.4, -0.2) is 16.1 Å². The number of hydrogen-bond acceptors (Lipinski definition) is 3. The summed E-state index contributed by atoms with van der Waals surface area (Å²) in [5.74, 6) is -0.345. The van der Waals surface area contributed by atoms with E-state index < -0.39 is 0 Å². The van der Waals surface area contributed by atoms with Gasteiger partial charge in [0.05, 0.1) is 5.69 Å². The second-order valence-electron chi connectivity index (χ2n) is 3.32. The van der Waals surface area contributed by atoms with Crippen molar-refractivity contribution in [2.75, 3.05) is 5.32 Å². The molecule has 18 heavy (non-hydrogen) atoms. The lowest BCUT2D eigenvalue weighted by Crippen LogP contribution is -2.14. The van der Waals surface area contributed by atoms with Gasteiger partial charge >= 0.3 is 0 Å². The van der Waals surface area contributed by atoms with Crippen LogP contribution in [0.15, 0.2) is 39.3 Å². The molecule has 0 saturated heterocycles. The third kappa shape index (κ3) is 3.28. The fourth-order valence-electron chi connectivity index (χ4n) is 1.21. The maximum Gasteiger partial charge on any atom is 0.276 e. The fraction of sp³-hybridized carbons (Fsp3) is 0. The highest BCUT2D eigenvalue weighted by Gasteiger charge is 2.10. The van der Waals surface area contributed by atoms with E-state index in [2.05, 4.69) is 47.4 Å². The number of nitrogens with zero attached hydrogens (tertiary/aromatic N) is 2. The van der Waals surface area contributed by atoms with Gasteiger partial charge in [0.15, 0.2) is 10.8 Å². The molecule has 0 aliphatic carbocycles. The van der Waals surface area contributed by atoms with Crippen molar-refractivity contribution in [2.24, 2.45) is 0 Å². The molecule has 2 aromatic rings. The van der Waals surface area contributed by atoms with Crippen LogP contribution in [0, 0.1) is 0 Å². The molecule has 92 valence electrons. The second kappa shape index (κ2) is 5.77.